The number of aromatic nitrogens is 2. The monoisotopic (exact) mass is 421 g/mol. The van der Waals surface area contributed by atoms with E-state index in [1.54, 1.807) is 0 Å². The fourth-order valence-corrected chi connectivity index (χ4v) is 3.89. The van der Waals surface area contributed by atoms with Crippen LogP contribution >= 0.6 is 0 Å². The summed E-state index contributed by atoms with van der Waals surface area (Å²) in [6.45, 7) is 0. The van der Waals surface area contributed by atoms with Crippen molar-refractivity contribution in [2.24, 2.45) is 5.92 Å². The lowest BCUT2D eigenvalue weighted by Crippen LogP contribution is -2.16. The fourth-order valence-electron chi connectivity index (χ4n) is 3.89. The number of halogens is 3. The SMILES string of the molecule is O=C(Nc1c(-c2ccccc2)nc2ccccn12)C1CC1c1ccc(C(F)(F)F)cc1. The molecule has 1 fully saturated rings. The molecule has 0 aliphatic heterocycles. The first kappa shape index (κ1) is 19.4. The normalized spacial score (nSPS) is 18.2. The Morgan fingerprint density at radius 2 is 1.68 bits per heavy atom. The first-order chi connectivity index (χ1) is 14.9. The summed E-state index contributed by atoms with van der Waals surface area (Å²) in [7, 11) is 0. The number of fused-ring (bicyclic) bond motifs is 1. The van der Waals surface area contributed by atoms with Gasteiger partial charge in [-0.25, -0.2) is 4.98 Å². The van der Waals surface area contributed by atoms with Crippen LogP contribution in [0.15, 0.2) is 79.0 Å². The number of carbonyl (C=O) groups is 1. The standard InChI is InChI=1S/C24H18F3N3O/c25-24(26,27)17-11-9-15(10-12-17)18-14-19(18)23(31)29-22-21(16-6-2-1-3-7-16)28-20-8-4-5-13-30(20)22/h1-13,18-19H,14H2,(H,29,31). The molecule has 2 aromatic heterocycles. The van der Waals surface area contributed by atoms with Gasteiger partial charge in [0.25, 0.3) is 0 Å². The van der Waals surface area contributed by atoms with Gasteiger partial charge in [-0.15, -0.1) is 0 Å². The molecular weight excluding hydrogens is 403 g/mol. The molecule has 156 valence electrons. The number of anilines is 1. The molecular formula is C24H18F3N3O. The molecule has 1 saturated carbocycles. The van der Waals surface area contributed by atoms with E-state index in [2.05, 4.69) is 10.3 Å². The highest BCUT2D eigenvalue weighted by Crippen LogP contribution is 2.48. The highest BCUT2D eigenvalue weighted by atomic mass is 19.4. The zero-order valence-electron chi connectivity index (χ0n) is 16.3. The number of rotatable bonds is 4. The van der Waals surface area contributed by atoms with E-state index in [0.717, 1.165) is 23.3 Å². The molecule has 2 heterocycles. The van der Waals surface area contributed by atoms with Gasteiger partial charge in [0.15, 0.2) is 0 Å². The van der Waals surface area contributed by atoms with Crippen molar-refractivity contribution in [2.75, 3.05) is 5.32 Å². The summed E-state index contributed by atoms with van der Waals surface area (Å²) < 4.78 is 40.2. The zero-order valence-corrected chi connectivity index (χ0v) is 16.3. The van der Waals surface area contributed by atoms with Crippen LogP contribution in [-0.4, -0.2) is 15.3 Å². The van der Waals surface area contributed by atoms with Crippen molar-refractivity contribution < 1.29 is 18.0 Å². The molecule has 0 saturated heterocycles. The molecule has 4 aromatic rings. The van der Waals surface area contributed by atoms with Crippen LogP contribution in [0, 0.1) is 5.92 Å². The summed E-state index contributed by atoms with van der Waals surface area (Å²) in [6.07, 6.45) is -1.92. The van der Waals surface area contributed by atoms with Crippen LogP contribution in [0.5, 0.6) is 0 Å². The maximum absolute atomic E-state index is 13.0. The smallest absolute Gasteiger partial charge is 0.310 e. The van der Waals surface area contributed by atoms with E-state index in [9.17, 15) is 18.0 Å². The van der Waals surface area contributed by atoms with E-state index in [4.69, 9.17) is 0 Å². The molecule has 2 atom stereocenters. The van der Waals surface area contributed by atoms with Crippen LogP contribution in [0.3, 0.4) is 0 Å². The lowest BCUT2D eigenvalue weighted by Gasteiger charge is -2.09. The molecule has 1 aliphatic rings. The predicted octanol–water partition coefficient (Wildman–Crippen LogP) is 5.76. The maximum atomic E-state index is 13.0. The molecule has 1 amide bonds. The van der Waals surface area contributed by atoms with Gasteiger partial charge >= 0.3 is 6.18 Å². The minimum absolute atomic E-state index is 0.0818. The number of nitrogens with one attached hydrogen (secondary N) is 1. The van der Waals surface area contributed by atoms with Crippen LogP contribution in [0.4, 0.5) is 19.0 Å². The number of amides is 1. The summed E-state index contributed by atoms with van der Waals surface area (Å²) in [5.41, 5.74) is 2.33. The molecule has 4 nitrogen and oxygen atoms in total. The third-order valence-electron chi connectivity index (χ3n) is 5.61. The van der Waals surface area contributed by atoms with Crippen molar-refractivity contribution in [3.05, 3.63) is 90.1 Å². The Morgan fingerprint density at radius 3 is 2.39 bits per heavy atom. The average molecular weight is 421 g/mol. The Morgan fingerprint density at radius 1 is 0.968 bits per heavy atom. The third kappa shape index (κ3) is 3.67. The molecule has 2 unspecified atom stereocenters. The fraction of sp³-hybridized carbons (Fsp3) is 0.167. The highest BCUT2D eigenvalue weighted by molar-refractivity contribution is 5.98. The zero-order chi connectivity index (χ0) is 21.6. The molecule has 0 bridgehead atoms. The summed E-state index contributed by atoms with van der Waals surface area (Å²) in [5, 5.41) is 3.01. The Bertz CT molecular complexity index is 1250. The minimum Gasteiger partial charge on any atom is -0.310 e. The molecule has 1 aliphatic carbocycles. The van der Waals surface area contributed by atoms with Gasteiger partial charge in [0, 0.05) is 17.7 Å². The average Bonchev–Trinajstić information content (AvgIpc) is 3.50. The van der Waals surface area contributed by atoms with E-state index in [0.29, 0.717) is 23.6 Å². The van der Waals surface area contributed by atoms with Gasteiger partial charge in [0.2, 0.25) is 5.91 Å². The number of carbonyl (C=O) groups excluding carboxylic acids is 1. The van der Waals surface area contributed by atoms with Gasteiger partial charge in [0.1, 0.15) is 17.2 Å². The lowest BCUT2D eigenvalue weighted by atomic mass is 10.1. The number of benzene rings is 2. The van der Waals surface area contributed by atoms with Crippen LogP contribution in [0.2, 0.25) is 0 Å². The van der Waals surface area contributed by atoms with E-state index in [1.165, 1.54) is 12.1 Å². The Kier molecular flexibility index (Phi) is 4.54. The van der Waals surface area contributed by atoms with Crippen molar-refractivity contribution >= 4 is 17.4 Å². The summed E-state index contributed by atoms with van der Waals surface area (Å²) >= 11 is 0. The van der Waals surface area contributed by atoms with Crippen molar-refractivity contribution in [3.8, 4) is 11.3 Å². The second-order valence-corrected chi connectivity index (χ2v) is 7.66. The number of nitrogens with zero attached hydrogens (tertiary/aromatic N) is 2. The topological polar surface area (TPSA) is 46.4 Å². The Hall–Kier alpha value is -3.61. The first-order valence-electron chi connectivity index (χ1n) is 9.92. The van der Waals surface area contributed by atoms with Crippen molar-refractivity contribution in [2.45, 2.75) is 18.5 Å². The van der Waals surface area contributed by atoms with Gasteiger partial charge in [-0.3, -0.25) is 9.20 Å². The number of imidazole rings is 1. The second-order valence-electron chi connectivity index (χ2n) is 7.66. The summed E-state index contributed by atoms with van der Waals surface area (Å²) in [6, 6.07) is 20.3. The van der Waals surface area contributed by atoms with Crippen molar-refractivity contribution in [3.63, 3.8) is 0 Å². The van der Waals surface area contributed by atoms with Gasteiger partial charge < -0.3 is 5.32 Å². The second kappa shape index (κ2) is 7.27. The van der Waals surface area contributed by atoms with Crippen LogP contribution in [-0.2, 0) is 11.0 Å². The molecule has 7 heteroatoms. The molecule has 2 aromatic carbocycles. The van der Waals surface area contributed by atoms with Crippen LogP contribution < -0.4 is 5.32 Å². The van der Waals surface area contributed by atoms with E-state index < -0.39 is 11.7 Å². The van der Waals surface area contributed by atoms with E-state index in [-0.39, 0.29) is 17.7 Å². The Labute approximate surface area is 176 Å². The van der Waals surface area contributed by atoms with Gasteiger partial charge in [0.05, 0.1) is 5.56 Å². The number of hydrogen-bond donors (Lipinski definition) is 1. The highest BCUT2D eigenvalue weighted by Gasteiger charge is 2.44. The quantitative estimate of drug-likeness (QED) is 0.455. The lowest BCUT2D eigenvalue weighted by molar-refractivity contribution is -0.137. The number of hydrogen-bond acceptors (Lipinski definition) is 2. The number of alkyl halides is 3. The molecule has 0 radical (unpaired) electrons. The van der Waals surface area contributed by atoms with Crippen molar-refractivity contribution in [1.29, 1.82) is 0 Å². The van der Waals surface area contributed by atoms with Crippen molar-refractivity contribution in [1.82, 2.24) is 9.38 Å². The summed E-state index contributed by atoms with van der Waals surface area (Å²) in [5.74, 6) is 0.0638. The van der Waals surface area contributed by atoms with Crippen LogP contribution in [0.25, 0.3) is 16.9 Å². The summed E-state index contributed by atoms with van der Waals surface area (Å²) in [4.78, 5) is 17.6. The maximum Gasteiger partial charge on any atom is 0.416 e. The Balaban J connectivity index is 1.39. The van der Waals surface area contributed by atoms with Gasteiger partial charge in [-0.1, -0.05) is 48.5 Å². The predicted molar refractivity (Wildman–Crippen MR) is 112 cm³/mol. The van der Waals surface area contributed by atoms with E-state index in [1.807, 2.05) is 59.1 Å². The molecule has 1 N–H and O–H groups in total. The largest absolute Gasteiger partial charge is 0.416 e. The molecule has 0 spiro atoms. The van der Waals surface area contributed by atoms with E-state index >= 15 is 0 Å². The van der Waals surface area contributed by atoms with Crippen LogP contribution in [0.1, 0.15) is 23.5 Å². The minimum atomic E-state index is -4.37. The molecule has 31 heavy (non-hydrogen) atoms. The first-order valence-corrected chi connectivity index (χ1v) is 9.92. The third-order valence-corrected chi connectivity index (χ3v) is 5.61. The van der Waals surface area contributed by atoms with Gasteiger partial charge in [-0.05, 0) is 42.2 Å². The number of pyridine rings is 1. The molecule has 5 rings (SSSR count). The van der Waals surface area contributed by atoms with Gasteiger partial charge in [-0.2, -0.15) is 13.2 Å².